The molecule has 0 spiro atoms. The number of nitrogens with zero attached hydrogens (tertiary/aromatic N) is 3. The molecule has 0 saturated carbocycles. The molecular formula is C9H16N4. The minimum absolute atomic E-state index is 0.403. The Morgan fingerprint density at radius 1 is 1.77 bits per heavy atom. The Morgan fingerprint density at radius 2 is 2.54 bits per heavy atom. The molecule has 0 fully saturated rings. The molecule has 1 heterocycles. The largest absolute Gasteiger partial charge is 0.316 e. The number of hydrogen-bond acceptors (Lipinski definition) is 3. The van der Waals surface area contributed by atoms with Crippen LogP contribution in [0.2, 0.25) is 0 Å². The highest BCUT2D eigenvalue weighted by atomic mass is 15.3. The summed E-state index contributed by atoms with van der Waals surface area (Å²) >= 11 is 0. The van der Waals surface area contributed by atoms with Gasteiger partial charge in [0.2, 0.25) is 0 Å². The zero-order valence-corrected chi connectivity index (χ0v) is 8.20. The van der Waals surface area contributed by atoms with Gasteiger partial charge in [0.15, 0.2) is 0 Å². The third-order valence-corrected chi connectivity index (χ3v) is 2.09. The van der Waals surface area contributed by atoms with Gasteiger partial charge in [0.05, 0.1) is 0 Å². The van der Waals surface area contributed by atoms with Crippen LogP contribution in [0.15, 0.2) is 19.0 Å². The van der Waals surface area contributed by atoms with E-state index in [2.05, 4.69) is 22.0 Å². The van der Waals surface area contributed by atoms with Gasteiger partial charge < -0.3 is 5.32 Å². The van der Waals surface area contributed by atoms with Crippen LogP contribution in [-0.2, 0) is 13.5 Å². The van der Waals surface area contributed by atoms with Crippen molar-refractivity contribution in [2.75, 3.05) is 7.05 Å². The summed E-state index contributed by atoms with van der Waals surface area (Å²) in [5, 5.41) is 7.23. The molecule has 72 valence electrons. The molecule has 0 aliphatic heterocycles. The molecule has 0 aliphatic rings. The minimum Gasteiger partial charge on any atom is -0.316 e. The average Bonchev–Trinajstić information content (AvgIpc) is 2.51. The van der Waals surface area contributed by atoms with E-state index in [1.165, 1.54) is 0 Å². The number of hydrogen-bond donors (Lipinski definition) is 1. The van der Waals surface area contributed by atoms with Crippen molar-refractivity contribution in [2.24, 2.45) is 7.05 Å². The second-order valence-corrected chi connectivity index (χ2v) is 3.01. The SMILES string of the molecule is C=CCC(Cc1ncnn1C)NC. The predicted molar refractivity (Wildman–Crippen MR) is 52.4 cm³/mol. The third-order valence-electron chi connectivity index (χ3n) is 2.09. The molecule has 0 aliphatic carbocycles. The number of rotatable bonds is 5. The zero-order valence-electron chi connectivity index (χ0n) is 8.20. The van der Waals surface area contributed by atoms with Crippen molar-refractivity contribution in [3.8, 4) is 0 Å². The van der Waals surface area contributed by atoms with Crippen molar-refractivity contribution >= 4 is 0 Å². The number of aryl methyl sites for hydroxylation is 1. The molecule has 1 rings (SSSR count). The van der Waals surface area contributed by atoms with Crippen LogP contribution in [0, 0.1) is 0 Å². The van der Waals surface area contributed by atoms with E-state index in [0.717, 1.165) is 18.7 Å². The summed E-state index contributed by atoms with van der Waals surface area (Å²) in [4.78, 5) is 4.16. The van der Waals surface area contributed by atoms with Crippen LogP contribution in [-0.4, -0.2) is 27.9 Å². The molecule has 4 heteroatoms. The highest BCUT2D eigenvalue weighted by Crippen LogP contribution is 2.01. The van der Waals surface area contributed by atoms with Gasteiger partial charge in [0.25, 0.3) is 0 Å². The van der Waals surface area contributed by atoms with E-state index in [1.54, 1.807) is 11.0 Å². The Labute approximate surface area is 78.7 Å². The van der Waals surface area contributed by atoms with Crippen LogP contribution in [0.3, 0.4) is 0 Å². The first-order valence-electron chi connectivity index (χ1n) is 4.39. The fraction of sp³-hybridized carbons (Fsp3) is 0.556. The number of likely N-dealkylation sites (N-methyl/N-ethyl adjacent to an activating group) is 1. The molecule has 1 N–H and O–H groups in total. The van der Waals surface area contributed by atoms with E-state index in [0.29, 0.717) is 6.04 Å². The molecule has 0 radical (unpaired) electrons. The lowest BCUT2D eigenvalue weighted by atomic mass is 10.1. The van der Waals surface area contributed by atoms with Crippen molar-refractivity contribution in [1.82, 2.24) is 20.1 Å². The average molecular weight is 180 g/mol. The van der Waals surface area contributed by atoms with Gasteiger partial charge in [0.1, 0.15) is 12.2 Å². The lowest BCUT2D eigenvalue weighted by Gasteiger charge is -2.12. The Bertz CT molecular complexity index is 266. The first-order chi connectivity index (χ1) is 6.27. The number of aromatic nitrogens is 3. The normalized spacial score (nSPS) is 12.8. The maximum Gasteiger partial charge on any atom is 0.138 e. The molecule has 4 nitrogen and oxygen atoms in total. The monoisotopic (exact) mass is 180 g/mol. The molecule has 1 aromatic heterocycles. The minimum atomic E-state index is 0.403. The Balaban J connectivity index is 2.55. The summed E-state index contributed by atoms with van der Waals surface area (Å²) in [6.07, 6.45) is 5.33. The van der Waals surface area contributed by atoms with Crippen molar-refractivity contribution in [3.63, 3.8) is 0 Å². The van der Waals surface area contributed by atoms with Crippen molar-refractivity contribution < 1.29 is 0 Å². The first kappa shape index (κ1) is 9.92. The fourth-order valence-electron chi connectivity index (χ4n) is 1.23. The highest BCUT2D eigenvalue weighted by molar-refractivity contribution is 4.91. The maximum absolute atomic E-state index is 4.16. The van der Waals surface area contributed by atoms with Gasteiger partial charge in [-0.1, -0.05) is 6.08 Å². The molecule has 1 unspecified atom stereocenters. The quantitative estimate of drug-likeness (QED) is 0.672. The van der Waals surface area contributed by atoms with Crippen LogP contribution in [0.4, 0.5) is 0 Å². The first-order valence-corrected chi connectivity index (χ1v) is 4.39. The summed E-state index contributed by atoms with van der Waals surface area (Å²) in [6, 6.07) is 0.403. The Hall–Kier alpha value is -1.16. The fourth-order valence-corrected chi connectivity index (χ4v) is 1.23. The van der Waals surface area contributed by atoms with Crippen molar-refractivity contribution in [2.45, 2.75) is 18.9 Å². The highest BCUT2D eigenvalue weighted by Gasteiger charge is 2.08. The second kappa shape index (κ2) is 4.77. The van der Waals surface area contributed by atoms with Gasteiger partial charge in [-0.15, -0.1) is 6.58 Å². The van der Waals surface area contributed by atoms with Gasteiger partial charge in [-0.3, -0.25) is 4.68 Å². The smallest absolute Gasteiger partial charge is 0.138 e. The van der Waals surface area contributed by atoms with E-state index in [-0.39, 0.29) is 0 Å². The molecule has 1 aromatic rings. The van der Waals surface area contributed by atoms with E-state index >= 15 is 0 Å². The van der Waals surface area contributed by atoms with Gasteiger partial charge >= 0.3 is 0 Å². The zero-order chi connectivity index (χ0) is 9.68. The summed E-state index contributed by atoms with van der Waals surface area (Å²) in [6.45, 7) is 3.72. The topological polar surface area (TPSA) is 42.7 Å². The van der Waals surface area contributed by atoms with Crippen LogP contribution in [0.1, 0.15) is 12.2 Å². The van der Waals surface area contributed by atoms with E-state index < -0.39 is 0 Å². The molecule has 13 heavy (non-hydrogen) atoms. The predicted octanol–water partition coefficient (Wildman–Crippen LogP) is 0.522. The summed E-state index contributed by atoms with van der Waals surface area (Å²) in [7, 11) is 3.85. The Morgan fingerprint density at radius 3 is 3.00 bits per heavy atom. The van der Waals surface area contributed by atoms with Gasteiger partial charge in [-0.05, 0) is 13.5 Å². The molecule has 0 saturated heterocycles. The van der Waals surface area contributed by atoms with Crippen LogP contribution >= 0.6 is 0 Å². The lowest BCUT2D eigenvalue weighted by Crippen LogP contribution is -2.28. The van der Waals surface area contributed by atoms with Crippen molar-refractivity contribution in [3.05, 3.63) is 24.8 Å². The van der Waals surface area contributed by atoms with Crippen LogP contribution in [0.25, 0.3) is 0 Å². The molecular weight excluding hydrogens is 164 g/mol. The molecule has 1 atom stereocenters. The lowest BCUT2D eigenvalue weighted by molar-refractivity contribution is 0.534. The van der Waals surface area contributed by atoms with Gasteiger partial charge in [0, 0.05) is 19.5 Å². The number of nitrogens with one attached hydrogen (secondary N) is 1. The van der Waals surface area contributed by atoms with Gasteiger partial charge in [-0.25, -0.2) is 4.98 Å². The summed E-state index contributed by atoms with van der Waals surface area (Å²) < 4.78 is 1.80. The second-order valence-electron chi connectivity index (χ2n) is 3.01. The van der Waals surface area contributed by atoms with Crippen LogP contribution < -0.4 is 5.32 Å². The maximum atomic E-state index is 4.16. The molecule has 0 amide bonds. The Kier molecular flexibility index (Phi) is 3.64. The third kappa shape index (κ3) is 2.66. The standard InChI is InChI=1S/C9H16N4/c1-4-5-8(10-2)6-9-11-7-12-13(9)3/h4,7-8,10H,1,5-6H2,2-3H3. The summed E-state index contributed by atoms with van der Waals surface area (Å²) in [5.74, 6) is 1.00. The van der Waals surface area contributed by atoms with Crippen LogP contribution in [0.5, 0.6) is 0 Å². The van der Waals surface area contributed by atoms with E-state index in [4.69, 9.17) is 0 Å². The summed E-state index contributed by atoms with van der Waals surface area (Å²) in [5.41, 5.74) is 0. The van der Waals surface area contributed by atoms with E-state index in [1.807, 2.05) is 20.2 Å². The van der Waals surface area contributed by atoms with E-state index in [9.17, 15) is 0 Å². The molecule has 0 aromatic carbocycles. The van der Waals surface area contributed by atoms with Gasteiger partial charge in [-0.2, -0.15) is 5.10 Å². The molecule has 0 bridgehead atoms. The van der Waals surface area contributed by atoms with Crippen molar-refractivity contribution in [1.29, 1.82) is 0 Å².